The summed E-state index contributed by atoms with van der Waals surface area (Å²) in [5, 5.41) is 6.94. The van der Waals surface area contributed by atoms with E-state index in [1.807, 2.05) is 18.2 Å². The number of amides is 1. The molecule has 7 heteroatoms. The fourth-order valence-electron chi connectivity index (χ4n) is 3.04. The van der Waals surface area contributed by atoms with Crippen molar-refractivity contribution in [2.75, 3.05) is 13.1 Å². The Balaban J connectivity index is 1.64. The van der Waals surface area contributed by atoms with Crippen molar-refractivity contribution < 1.29 is 9.53 Å². The number of nitrogens with zero attached hydrogens (tertiary/aromatic N) is 3. The van der Waals surface area contributed by atoms with Crippen LogP contribution in [-0.4, -0.2) is 45.2 Å². The highest BCUT2D eigenvalue weighted by molar-refractivity contribution is 5.74. The summed E-state index contributed by atoms with van der Waals surface area (Å²) >= 11 is 0. The van der Waals surface area contributed by atoms with Gasteiger partial charge in [-0.2, -0.15) is 5.10 Å². The predicted molar refractivity (Wildman–Crippen MR) is 84.4 cm³/mol. The largest absolute Gasteiger partial charge is 0.488 e. The lowest BCUT2D eigenvalue weighted by Gasteiger charge is -2.37. The number of H-pyrrole nitrogens is 1. The first kappa shape index (κ1) is 15.5. The number of carbonyl (C=O) groups is 1. The molecule has 3 heterocycles. The number of hydrogen-bond donors (Lipinski definition) is 2. The molecule has 1 aliphatic heterocycles. The quantitative estimate of drug-likeness (QED) is 0.827. The van der Waals surface area contributed by atoms with E-state index in [9.17, 15) is 4.79 Å². The summed E-state index contributed by atoms with van der Waals surface area (Å²) in [7, 11) is 0. The Hall–Kier alpha value is -2.41. The number of likely N-dealkylation sites (tertiary alicyclic amines) is 1. The minimum atomic E-state index is -0.293. The number of nitrogens with two attached hydrogens (primary N) is 1. The summed E-state index contributed by atoms with van der Waals surface area (Å²) in [6, 6.07) is 5.68. The molecule has 2 atom stereocenters. The first-order valence-corrected chi connectivity index (χ1v) is 7.76. The van der Waals surface area contributed by atoms with E-state index in [2.05, 4.69) is 20.1 Å². The smallest absolute Gasteiger partial charge is 0.217 e. The SMILES string of the molecule is NC(=O)C[C@@H]1CN(Cc2ccn[nH]2)CC[C@H]1Oc1cccnc1. The number of nitrogens with one attached hydrogen (secondary N) is 1. The minimum absolute atomic E-state index is 0.0234. The van der Waals surface area contributed by atoms with E-state index in [1.165, 1.54) is 0 Å². The van der Waals surface area contributed by atoms with Crippen LogP contribution in [0.1, 0.15) is 18.5 Å². The highest BCUT2D eigenvalue weighted by Gasteiger charge is 2.32. The molecule has 0 aromatic carbocycles. The van der Waals surface area contributed by atoms with E-state index in [4.69, 9.17) is 10.5 Å². The van der Waals surface area contributed by atoms with Gasteiger partial charge < -0.3 is 10.5 Å². The van der Waals surface area contributed by atoms with Gasteiger partial charge in [-0.1, -0.05) is 0 Å². The van der Waals surface area contributed by atoms with Crippen LogP contribution in [0.2, 0.25) is 0 Å². The molecule has 3 rings (SSSR count). The Kier molecular flexibility index (Phi) is 4.87. The van der Waals surface area contributed by atoms with Crippen molar-refractivity contribution >= 4 is 5.91 Å². The van der Waals surface area contributed by atoms with Gasteiger partial charge in [0.15, 0.2) is 0 Å². The fourth-order valence-corrected chi connectivity index (χ4v) is 3.04. The molecular formula is C16H21N5O2. The van der Waals surface area contributed by atoms with Gasteiger partial charge in [0, 0.05) is 50.1 Å². The van der Waals surface area contributed by atoms with Gasteiger partial charge in [0.2, 0.25) is 5.91 Å². The van der Waals surface area contributed by atoms with Crippen LogP contribution in [0.25, 0.3) is 0 Å². The molecular weight excluding hydrogens is 294 g/mol. The van der Waals surface area contributed by atoms with Crippen LogP contribution in [0.5, 0.6) is 5.75 Å². The average Bonchev–Trinajstić information content (AvgIpc) is 3.03. The summed E-state index contributed by atoms with van der Waals surface area (Å²) in [6.07, 6.45) is 6.29. The summed E-state index contributed by atoms with van der Waals surface area (Å²) in [5.74, 6) is 0.511. The van der Waals surface area contributed by atoms with Crippen LogP contribution in [0.3, 0.4) is 0 Å². The second kappa shape index (κ2) is 7.23. The fraction of sp³-hybridized carbons (Fsp3) is 0.438. The standard InChI is InChI=1S/C16H21N5O2/c17-16(22)8-12-10-21(11-13-3-6-19-20-13)7-4-15(12)23-14-2-1-5-18-9-14/h1-3,5-6,9,12,15H,4,7-8,10-11H2,(H2,17,22)(H,19,20)/t12-,15-/m1/s1. The summed E-state index contributed by atoms with van der Waals surface area (Å²) in [5.41, 5.74) is 6.48. The molecule has 23 heavy (non-hydrogen) atoms. The molecule has 0 bridgehead atoms. The molecule has 1 saturated heterocycles. The van der Waals surface area contributed by atoms with Crippen molar-refractivity contribution in [1.82, 2.24) is 20.1 Å². The summed E-state index contributed by atoms with van der Waals surface area (Å²) in [6.45, 7) is 2.46. The third-order valence-electron chi connectivity index (χ3n) is 4.09. The maximum atomic E-state index is 11.4. The maximum Gasteiger partial charge on any atom is 0.217 e. The van der Waals surface area contributed by atoms with Gasteiger partial charge in [-0.3, -0.25) is 19.8 Å². The number of piperidine rings is 1. The monoisotopic (exact) mass is 315 g/mol. The van der Waals surface area contributed by atoms with E-state index >= 15 is 0 Å². The van der Waals surface area contributed by atoms with E-state index in [0.29, 0.717) is 6.42 Å². The molecule has 0 saturated carbocycles. The Morgan fingerprint density at radius 3 is 3.04 bits per heavy atom. The normalized spacial score (nSPS) is 21.9. The van der Waals surface area contributed by atoms with Gasteiger partial charge in [0.25, 0.3) is 0 Å². The Morgan fingerprint density at radius 1 is 1.43 bits per heavy atom. The third-order valence-corrected chi connectivity index (χ3v) is 4.09. The number of carbonyl (C=O) groups excluding carboxylic acids is 1. The second-order valence-corrected chi connectivity index (χ2v) is 5.88. The van der Waals surface area contributed by atoms with Crippen molar-refractivity contribution in [2.24, 2.45) is 11.7 Å². The molecule has 1 fully saturated rings. The predicted octanol–water partition coefficient (Wildman–Crippen LogP) is 0.950. The average molecular weight is 315 g/mol. The zero-order chi connectivity index (χ0) is 16.1. The van der Waals surface area contributed by atoms with Gasteiger partial charge in [-0.25, -0.2) is 0 Å². The third kappa shape index (κ3) is 4.29. The number of aromatic amines is 1. The van der Waals surface area contributed by atoms with E-state index in [0.717, 1.165) is 37.5 Å². The van der Waals surface area contributed by atoms with Crippen molar-refractivity contribution in [3.05, 3.63) is 42.5 Å². The first-order chi connectivity index (χ1) is 11.2. The lowest BCUT2D eigenvalue weighted by Crippen LogP contribution is -2.46. The summed E-state index contributed by atoms with van der Waals surface area (Å²) < 4.78 is 6.04. The topological polar surface area (TPSA) is 97.1 Å². The molecule has 2 aromatic heterocycles. The van der Waals surface area contributed by atoms with E-state index in [1.54, 1.807) is 18.6 Å². The van der Waals surface area contributed by atoms with Crippen molar-refractivity contribution in [1.29, 1.82) is 0 Å². The van der Waals surface area contributed by atoms with Gasteiger partial charge in [0.1, 0.15) is 11.9 Å². The van der Waals surface area contributed by atoms with Crippen LogP contribution in [0.15, 0.2) is 36.8 Å². The Bertz CT molecular complexity index is 617. The number of pyridine rings is 1. The Morgan fingerprint density at radius 2 is 2.35 bits per heavy atom. The molecule has 2 aromatic rings. The lowest BCUT2D eigenvalue weighted by molar-refractivity contribution is -0.120. The highest BCUT2D eigenvalue weighted by atomic mass is 16.5. The van der Waals surface area contributed by atoms with Gasteiger partial charge >= 0.3 is 0 Å². The van der Waals surface area contributed by atoms with Crippen molar-refractivity contribution in [3.8, 4) is 5.75 Å². The van der Waals surface area contributed by atoms with E-state index in [-0.39, 0.29) is 17.9 Å². The van der Waals surface area contributed by atoms with Gasteiger partial charge in [0.05, 0.1) is 6.20 Å². The number of primary amides is 1. The Labute approximate surface area is 134 Å². The molecule has 0 aliphatic carbocycles. The molecule has 7 nitrogen and oxygen atoms in total. The number of ether oxygens (including phenoxy) is 1. The maximum absolute atomic E-state index is 11.4. The molecule has 122 valence electrons. The number of rotatable bonds is 6. The van der Waals surface area contributed by atoms with Crippen LogP contribution in [-0.2, 0) is 11.3 Å². The zero-order valence-corrected chi connectivity index (χ0v) is 12.9. The van der Waals surface area contributed by atoms with Crippen LogP contribution in [0, 0.1) is 5.92 Å². The van der Waals surface area contributed by atoms with Crippen LogP contribution in [0.4, 0.5) is 0 Å². The van der Waals surface area contributed by atoms with Crippen molar-refractivity contribution in [3.63, 3.8) is 0 Å². The second-order valence-electron chi connectivity index (χ2n) is 5.88. The molecule has 0 unspecified atom stereocenters. The van der Waals surface area contributed by atoms with Crippen molar-refractivity contribution in [2.45, 2.75) is 25.5 Å². The molecule has 1 aliphatic rings. The van der Waals surface area contributed by atoms with Crippen LogP contribution >= 0.6 is 0 Å². The molecule has 0 spiro atoms. The lowest BCUT2D eigenvalue weighted by atomic mass is 9.91. The minimum Gasteiger partial charge on any atom is -0.488 e. The van der Waals surface area contributed by atoms with E-state index < -0.39 is 0 Å². The molecule has 1 amide bonds. The molecule has 0 radical (unpaired) electrons. The van der Waals surface area contributed by atoms with Gasteiger partial charge in [-0.15, -0.1) is 0 Å². The first-order valence-electron chi connectivity index (χ1n) is 7.76. The highest BCUT2D eigenvalue weighted by Crippen LogP contribution is 2.25. The molecule has 3 N–H and O–H groups in total. The summed E-state index contributed by atoms with van der Waals surface area (Å²) in [4.78, 5) is 17.8. The number of aromatic nitrogens is 3. The number of hydrogen-bond acceptors (Lipinski definition) is 5. The van der Waals surface area contributed by atoms with Gasteiger partial charge in [-0.05, 0) is 24.6 Å². The zero-order valence-electron chi connectivity index (χ0n) is 12.9. The van der Waals surface area contributed by atoms with Crippen LogP contribution < -0.4 is 10.5 Å².